The van der Waals surface area contributed by atoms with Crippen LogP contribution in [0.2, 0.25) is 0 Å². The van der Waals surface area contributed by atoms with Gasteiger partial charge in [-0.25, -0.2) is 8.42 Å². The van der Waals surface area contributed by atoms with Crippen LogP contribution in [0.4, 0.5) is 0 Å². The topological polar surface area (TPSA) is 39.1 Å². The molecule has 3 nitrogen and oxygen atoms in total. The zero-order valence-electron chi connectivity index (χ0n) is 12.3. The van der Waals surface area contributed by atoms with Crippen LogP contribution in [0.1, 0.15) is 11.1 Å². The van der Waals surface area contributed by atoms with Gasteiger partial charge >= 0.3 is 0 Å². The molecule has 21 heavy (non-hydrogen) atoms. The average molecular weight is 299 g/mol. The summed E-state index contributed by atoms with van der Waals surface area (Å²) in [4.78, 5) is 0.335. The number of hydrogen-bond acceptors (Lipinski definition) is 2. The molecule has 0 amide bonds. The van der Waals surface area contributed by atoms with Gasteiger partial charge in [-0.2, -0.15) is 0 Å². The molecule has 0 saturated carbocycles. The van der Waals surface area contributed by atoms with E-state index in [0.717, 1.165) is 22.0 Å². The van der Waals surface area contributed by atoms with E-state index in [1.165, 1.54) is 0 Å². The number of para-hydroxylation sites is 1. The van der Waals surface area contributed by atoms with E-state index >= 15 is 0 Å². The molecular formula is C17H17NO2S. The minimum absolute atomic E-state index is 0.335. The van der Waals surface area contributed by atoms with Crippen molar-refractivity contribution < 1.29 is 8.42 Å². The Morgan fingerprint density at radius 2 is 1.52 bits per heavy atom. The Labute approximate surface area is 124 Å². The van der Waals surface area contributed by atoms with Gasteiger partial charge in [-0.05, 0) is 37.6 Å². The van der Waals surface area contributed by atoms with E-state index in [0.29, 0.717) is 9.92 Å². The maximum atomic E-state index is 12.9. The van der Waals surface area contributed by atoms with Crippen molar-refractivity contribution in [3.63, 3.8) is 0 Å². The second-order valence-electron chi connectivity index (χ2n) is 5.32. The summed E-state index contributed by atoms with van der Waals surface area (Å²) in [6.45, 7) is 3.81. The van der Waals surface area contributed by atoms with Crippen LogP contribution in [0, 0.1) is 13.8 Å². The van der Waals surface area contributed by atoms with Gasteiger partial charge in [0.05, 0.1) is 4.90 Å². The van der Waals surface area contributed by atoms with Gasteiger partial charge in [0.25, 0.3) is 0 Å². The summed E-state index contributed by atoms with van der Waals surface area (Å²) >= 11 is 0. The van der Waals surface area contributed by atoms with Crippen molar-refractivity contribution in [3.05, 3.63) is 59.7 Å². The first-order valence-corrected chi connectivity index (χ1v) is 8.27. The van der Waals surface area contributed by atoms with Crippen LogP contribution in [-0.4, -0.2) is 13.0 Å². The summed E-state index contributed by atoms with van der Waals surface area (Å²) in [6, 6.07) is 14.7. The number of hydrogen-bond donors (Lipinski definition) is 0. The lowest BCUT2D eigenvalue weighted by Crippen LogP contribution is -2.08. The van der Waals surface area contributed by atoms with Crippen molar-refractivity contribution in [2.24, 2.45) is 7.05 Å². The van der Waals surface area contributed by atoms with Crippen LogP contribution in [0.3, 0.4) is 0 Å². The summed E-state index contributed by atoms with van der Waals surface area (Å²) in [5, 5.41) is 1.35. The van der Waals surface area contributed by atoms with Gasteiger partial charge in [-0.3, -0.25) is 0 Å². The predicted octanol–water partition coefficient (Wildman–Crippen LogP) is 3.63. The predicted molar refractivity (Wildman–Crippen MR) is 84.3 cm³/mol. The number of aromatic nitrogens is 1. The molecule has 0 aliphatic carbocycles. The van der Waals surface area contributed by atoms with Crippen molar-refractivity contribution in [3.8, 4) is 0 Å². The lowest BCUT2D eigenvalue weighted by Gasteiger charge is -2.08. The van der Waals surface area contributed by atoms with Crippen molar-refractivity contribution in [1.82, 2.24) is 4.57 Å². The molecular weight excluding hydrogens is 282 g/mol. The maximum Gasteiger partial charge on any atom is 0.222 e. The molecule has 0 aliphatic rings. The Morgan fingerprint density at radius 1 is 0.905 bits per heavy atom. The van der Waals surface area contributed by atoms with E-state index in [2.05, 4.69) is 0 Å². The Hall–Kier alpha value is -2.07. The van der Waals surface area contributed by atoms with Crippen LogP contribution in [0.5, 0.6) is 0 Å². The molecule has 0 N–H and O–H groups in total. The minimum Gasteiger partial charge on any atom is -0.334 e. The highest BCUT2D eigenvalue weighted by Crippen LogP contribution is 2.31. The summed E-state index contributed by atoms with van der Waals surface area (Å²) in [5.41, 5.74) is 2.78. The second-order valence-corrected chi connectivity index (χ2v) is 7.19. The van der Waals surface area contributed by atoms with Gasteiger partial charge in [0.1, 0.15) is 5.03 Å². The molecule has 1 aromatic heterocycles. The number of benzene rings is 2. The van der Waals surface area contributed by atoms with Crippen molar-refractivity contribution in [2.45, 2.75) is 23.8 Å². The smallest absolute Gasteiger partial charge is 0.222 e. The number of sulfone groups is 1. The van der Waals surface area contributed by atoms with Crippen LogP contribution >= 0.6 is 0 Å². The largest absolute Gasteiger partial charge is 0.334 e. The van der Waals surface area contributed by atoms with E-state index < -0.39 is 9.84 Å². The van der Waals surface area contributed by atoms with Gasteiger partial charge < -0.3 is 4.57 Å². The van der Waals surface area contributed by atoms with E-state index in [1.54, 1.807) is 23.7 Å². The van der Waals surface area contributed by atoms with Gasteiger partial charge in [-0.1, -0.05) is 35.9 Å². The molecule has 0 bridgehead atoms. The van der Waals surface area contributed by atoms with Crippen LogP contribution in [0.15, 0.2) is 58.5 Å². The molecule has 0 atom stereocenters. The van der Waals surface area contributed by atoms with E-state index in [-0.39, 0.29) is 0 Å². The van der Waals surface area contributed by atoms with E-state index in [1.807, 2.05) is 50.2 Å². The first kappa shape index (κ1) is 13.9. The Bertz CT molecular complexity index is 880. The molecule has 0 saturated heterocycles. The zero-order chi connectivity index (χ0) is 15.2. The molecule has 0 unspecified atom stereocenters. The Morgan fingerprint density at radius 3 is 2.14 bits per heavy atom. The molecule has 108 valence electrons. The normalized spacial score (nSPS) is 12.0. The summed E-state index contributed by atoms with van der Waals surface area (Å²) in [5.74, 6) is 0. The monoisotopic (exact) mass is 299 g/mol. The quantitative estimate of drug-likeness (QED) is 0.725. The first-order chi connectivity index (χ1) is 9.93. The molecule has 1 heterocycles. The third kappa shape index (κ3) is 2.07. The number of rotatable bonds is 2. The van der Waals surface area contributed by atoms with Crippen molar-refractivity contribution in [2.75, 3.05) is 0 Å². The van der Waals surface area contributed by atoms with Crippen LogP contribution in [-0.2, 0) is 16.9 Å². The summed E-state index contributed by atoms with van der Waals surface area (Å²) in [6.07, 6.45) is 0. The van der Waals surface area contributed by atoms with Crippen molar-refractivity contribution in [1.29, 1.82) is 0 Å². The van der Waals surface area contributed by atoms with Gasteiger partial charge in [0, 0.05) is 18.0 Å². The van der Waals surface area contributed by atoms with Crippen molar-refractivity contribution >= 4 is 20.7 Å². The third-order valence-electron chi connectivity index (χ3n) is 3.88. The first-order valence-electron chi connectivity index (χ1n) is 6.78. The second kappa shape index (κ2) is 4.74. The number of nitrogens with zero attached hydrogens (tertiary/aromatic N) is 1. The fourth-order valence-corrected chi connectivity index (χ4v) is 4.46. The molecule has 2 aromatic carbocycles. The molecule has 4 heteroatoms. The highest BCUT2D eigenvalue weighted by molar-refractivity contribution is 7.91. The molecule has 0 radical (unpaired) electrons. The minimum atomic E-state index is -3.52. The van der Waals surface area contributed by atoms with E-state index in [4.69, 9.17) is 0 Å². The third-order valence-corrected chi connectivity index (χ3v) is 5.86. The standard InChI is InChI=1S/C17H17NO2S/c1-12-8-10-14(11-9-12)21(19,20)17-13(2)15-6-4-5-7-16(15)18(17)3/h4-11H,1-3H3. The van der Waals surface area contributed by atoms with Crippen LogP contribution in [0.25, 0.3) is 10.9 Å². The van der Waals surface area contributed by atoms with Crippen LogP contribution < -0.4 is 0 Å². The van der Waals surface area contributed by atoms with Gasteiger partial charge in [0.15, 0.2) is 0 Å². The molecule has 3 rings (SSSR count). The fraction of sp³-hybridized carbons (Fsp3) is 0.176. The molecule has 0 aliphatic heterocycles. The maximum absolute atomic E-state index is 12.9. The molecule has 0 spiro atoms. The highest BCUT2D eigenvalue weighted by Gasteiger charge is 2.25. The number of aryl methyl sites for hydroxylation is 3. The van der Waals surface area contributed by atoms with Gasteiger partial charge in [-0.15, -0.1) is 0 Å². The average Bonchev–Trinajstić information content (AvgIpc) is 2.72. The SMILES string of the molecule is Cc1ccc(S(=O)(=O)c2c(C)c3ccccc3n2C)cc1. The fourth-order valence-electron chi connectivity index (χ4n) is 2.77. The summed E-state index contributed by atoms with van der Waals surface area (Å²) in [7, 11) is -1.71. The molecule has 3 aromatic rings. The lowest BCUT2D eigenvalue weighted by atomic mass is 10.2. The lowest BCUT2D eigenvalue weighted by molar-refractivity contribution is 0.586. The number of fused-ring (bicyclic) bond motifs is 1. The van der Waals surface area contributed by atoms with Gasteiger partial charge in [0.2, 0.25) is 9.84 Å². The molecule has 0 fully saturated rings. The Kier molecular flexibility index (Phi) is 3.14. The van der Waals surface area contributed by atoms with E-state index in [9.17, 15) is 8.42 Å². The summed E-state index contributed by atoms with van der Waals surface area (Å²) < 4.78 is 27.6. The zero-order valence-corrected chi connectivity index (χ0v) is 13.1. The Balaban J connectivity index is 2.31. The highest BCUT2D eigenvalue weighted by atomic mass is 32.2.